The van der Waals surface area contributed by atoms with Crippen LogP contribution >= 0.6 is 0 Å². The van der Waals surface area contributed by atoms with E-state index in [1.54, 1.807) is 30.3 Å². The van der Waals surface area contributed by atoms with E-state index in [0.717, 1.165) is 11.3 Å². The van der Waals surface area contributed by atoms with Crippen molar-refractivity contribution in [2.75, 3.05) is 5.32 Å². The van der Waals surface area contributed by atoms with E-state index in [1.807, 2.05) is 18.2 Å². The number of amides is 1. The highest BCUT2D eigenvalue weighted by atomic mass is 16.6. The largest absolute Gasteiger partial charge is 0.321 e. The molecule has 3 rings (SSSR count). The van der Waals surface area contributed by atoms with E-state index in [9.17, 15) is 14.9 Å². The fourth-order valence-corrected chi connectivity index (χ4v) is 2.21. The Balaban J connectivity index is 2.14. The van der Waals surface area contributed by atoms with Gasteiger partial charge in [-0.25, -0.2) is 0 Å². The number of nitrogens with zero attached hydrogens (tertiary/aromatic N) is 1. The summed E-state index contributed by atoms with van der Waals surface area (Å²) in [5, 5.41) is 13.7. The third-order valence-corrected chi connectivity index (χ3v) is 3.14. The number of carbonyl (C=O) groups excluding carboxylic acids is 1. The topological polar surface area (TPSA) is 72.2 Å². The number of nitrogens with one attached hydrogen (secondary N) is 1. The lowest BCUT2D eigenvalue weighted by Crippen LogP contribution is -2.03. The van der Waals surface area contributed by atoms with E-state index < -0.39 is 4.92 Å². The first-order chi connectivity index (χ1) is 9.66. The quantitative estimate of drug-likeness (QED) is 0.515. The maximum Gasteiger partial charge on any atom is 0.276 e. The number of benzene rings is 2. The van der Waals surface area contributed by atoms with Crippen LogP contribution in [0, 0.1) is 10.1 Å². The van der Waals surface area contributed by atoms with Gasteiger partial charge in [-0.3, -0.25) is 14.9 Å². The van der Waals surface area contributed by atoms with Gasteiger partial charge in [0.15, 0.2) is 0 Å². The van der Waals surface area contributed by atoms with Crippen molar-refractivity contribution in [3.05, 3.63) is 69.8 Å². The first-order valence-corrected chi connectivity index (χ1v) is 6.02. The number of anilines is 1. The van der Waals surface area contributed by atoms with Crippen molar-refractivity contribution in [2.45, 2.75) is 0 Å². The molecular weight excluding hydrogens is 256 g/mol. The zero-order valence-electron chi connectivity index (χ0n) is 10.4. The Kier molecular flexibility index (Phi) is 2.80. The van der Waals surface area contributed by atoms with Gasteiger partial charge in [0.2, 0.25) is 0 Å². The molecule has 0 saturated heterocycles. The molecule has 98 valence electrons. The lowest BCUT2D eigenvalue weighted by atomic mass is 10.0. The number of fused-ring (bicyclic) bond motifs is 1. The predicted molar refractivity (Wildman–Crippen MR) is 76.0 cm³/mol. The summed E-state index contributed by atoms with van der Waals surface area (Å²) in [5.41, 5.74) is 2.32. The number of nitro groups is 1. The summed E-state index contributed by atoms with van der Waals surface area (Å²) in [5.74, 6) is -0.246. The van der Waals surface area contributed by atoms with E-state index in [2.05, 4.69) is 5.32 Å². The molecule has 1 aliphatic heterocycles. The Bertz CT molecular complexity index is 750. The molecule has 0 radical (unpaired) electrons. The van der Waals surface area contributed by atoms with E-state index in [0.29, 0.717) is 11.1 Å². The molecule has 1 heterocycles. The van der Waals surface area contributed by atoms with Gasteiger partial charge in [0.05, 0.1) is 10.5 Å². The minimum atomic E-state index is -0.453. The normalized spacial score (nSPS) is 15.0. The fourth-order valence-electron chi connectivity index (χ4n) is 2.21. The summed E-state index contributed by atoms with van der Waals surface area (Å²) >= 11 is 0. The van der Waals surface area contributed by atoms with Crippen molar-refractivity contribution >= 4 is 28.9 Å². The van der Waals surface area contributed by atoms with Gasteiger partial charge in [-0.15, -0.1) is 0 Å². The predicted octanol–water partition coefficient (Wildman–Crippen LogP) is 3.09. The van der Waals surface area contributed by atoms with Crippen LogP contribution in [0.4, 0.5) is 11.4 Å². The van der Waals surface area contributed by atoms with Gasteiger partial charge in [-0.2, -0.15) is 0 Å². The molecule has 0 aromatic heterocycles. The molecule has 20 heavy (non-hydrogen) atoms. The van der Waals surface area contributed by atoms with Gasteiger partial charge in [0.1, 0.15) is 0 Å². The summed E-state index contributed by atoms with van der Waals surface area (Å²) in [6, 6.07) is 13.6. The van der Waals surface area contributed by atoms with E-state index in [4.69, 9.17) is 0 Å². The number of hydrogen-bond acceptors (Lipinski definition) is 3. The molecule has 5 heteroatoms. The van der Waals surface area contributed by atoms with Gasteiger partial charge in [0, 0.05) is 22.9 Å². The minimum Gasteiger partial charge on any atom is -0.321 e. The van der Waals surface area contributed by atoms with Gasteiger partial charge in [0.25, 0.3) is 11.6 Å². The summed E-state index contributed by atoms with van der Waals surface area (Å²) in [4.78, 5) is 22.5. The number of para-hydroxylation sites is 2. The molecule has 1 amide bonds. The fraction of sp³-hybridized carbons (Fsp3) is 0. The molecular formula is C15H10N2O3. The molecule has 0 spiro atoms. The van der Waals surface area contributed by atoms with Crippen LogP contribution in [0.3, 0.4) is 0 Å². The highest BCUT2D eigenvalue weighted by Gasteiger charge is 2.24. The maximum absolute atomic E-state index is 12.0. The van der Waals surface area contributed by atoms with Crippen molar-refractivity contribution in [1.82, 2.24) is 0 Å². The number of carbonyl (C=O) groups is 1. The van der Waals surface area contributed by atoms with Crippen LogP contribution in [0.15, 0.2) is 48.5 Å². The minimum absolute atomic E-state index is 0.0165. The average molecular weight is 266 g/mol. The Morgan fingerprint density at radius 3 is 2.55 bits per heavy atom. The smallest absolute Gasteiger partial charge is 0.276 e. The van der Waals surface area contributed by atoms with Crippen LogP contribution in [0.2, 0.25) is 0 Å². The highest BCUT2D eigenvalue weighted by Crippen LogP contribution is 2.34. The molecule has 2 aromatic carbocycles. The molecule has 5 nitrogen and oxygen atoms in total. The molecule has 1 N–H and O–H groups in total. The summed E-state index contributed by atoms with van der Waals surface area (Å²) in [7, 11) is 0. The molecule has 0 aliphatic carbocycles. The standard InChI is InChI=1S/C15H10N2O3/c18-15-12(11-6-2-3-7-13(11)16-15)9-10-5-1-4-8-14(10)17(19)20/h1-9H,(H,16,18)/b12-9+. The van der Waals surface area contributed by atoms with Crippen LogP contribution in [-0.2, 0) is 4.79 Å². The average Bonchev–Trinajstić information content (AvgIpc) is 2.76. The van der Waals surface area contributed by atoms with E-state index in [1.165, 1.54) is 6.07 Å². The zero-order chi connectivity index (χ0) is 14.1. The van der Waals surface area contributed by atoms with Crippen LogP contribution in [0.5, 0.6) is 0 Å². The van der Waals surface area contributed by atoms with Gasteiger partial charge < -0.3 is 5.32 Å². The van der Waals surface area contributed by atoms with E-state index >= 15 is 0 Å². The number of nitro benzene ring substituents is 1. The van der Waals surface area contributed by atoms with Crippen molar-refractivity contribution in [2.24, 2.45) is 0 Å². The Labute approximate surface area is 114 Å². The Morgan fingerprint density at radius 2 is 1.75 bits per heavy atom. The molecule has 0 fully saturated rings. The van der Waals surface area contributed by atoms with Crippen molar-refractivity contribution < 1.29 is 9.72 Å². The second-order valence-electron chi connectivity index (χ2n) is 4.37. The SMILES string of the molecule is O=C1Nc2ccccc2/C1=C\c1ccccc1[N+](=O)[O-]. The van der Waals surface area contributed by atoms with Gasteiger partial charge in [-0.1, -0.05) is 30.3 Å². The second kappa shape index (κ2) is 4.62. The van der Waals surface area contributed by atoms with Crippen LogP contribution in [0.1, 0.15) is 11.1 Å². The highest BCUT2D eigenvalue weighted by molar-refractivity contribution is 6.35. The zero-order valence-corrected chi connectivity index (χ0v) is 10.4. The van der Waals surface area contributed by atoms with Crippen LogP contribution in [-0.4, -0.2) is 10.8 Å². The molecule has 0 saturated carbocycles. The van der Waals surface area contributed by atoms with Crippen molar-refractivity contribution in [1.29, 1.82) is 0 Å². The third-order valence-electron chi connectivity index (χ3n) is 3.14. The lowest BCUT2D eigenvalue weighted by Gasteiger charge is -1.99. The van der Waals surface area contributed by atoms with Crippen molar-refractivity contribution in [3.63, 3.8) is 0 Å². The number of rotatable bonds is 2. The van der Waals surface area contributed by atoms with Crippen LogP contribution < -0.4 is 5.32 Å². The molecule has 0 unspecified atom stereocenters. The Hall–Kier alpha value is -2.95. The summed E-state index contributed by atoms with van der Waals surface area (Å²) in [6.07, 6.45) is 1.55. The monoisotopic (exact) mass is 266 g/mol. The van der Waals surface area contributed by atoms with E-state index in [-0.39, 0.29) is 11.6 Å². The Morgan fingerprint density at radius 1 is 1.05 bits per heavy atom. The summed E-state index contributed by atoms with van der Waals surface area (Å²) in [6.45, 7) is 0. The van der Waals surface area contributed by atoms with Crippen molar-refractivity contribution in [3.8, 4) is 0 Å². The lowest BCUT2D eigenvalue weighted by molar-refractivity contribution is -0.385. The van der Waals surface area contributed by atoms with Gasteiger partial charge in [-0.05, 0) is 18.2 Å². The molecule has 0 bridgehead atoms. The molecule has 2 aromatic rings. The first-order valence-electron chi connectivity index (χ1n) is 6.02. The first kappa shape index (κ1) is 12.1. The second-order valence-corrected chi connectivity index (χ2v) is 4.37. The van der Waals surface area contributed by atoms with Gasteiger partial charge >= 0.3 is 0 Å². The third kappa shape index (κ3) is 1.95. The summed E-state index contributed by atoms with van der Waals surface area (Å²) < 4.78 is 0. The van der Waals surface area contributed by atoms with Crippen LogP contribution in [0.25, 0.3) is 11.6 Å². The number of hydrogen-bond donors (Lipinski definition) is 1. The maximum atomic E-state index is 12.0. The molecule has 0 atom stereocenters. The molecule has 1 aliphatic rings.